The maximum atomic E-state index is 5.85. The molecule has 0 aromatic carbocycles. The first-order chi connectivity index (χ1) is 6.34. The molecule has 0 spiro atoms. The van der Waals surface area contributed by atoms with Crippen LogP contribution in [0.25, 0.3) is 0 Å². The van der Waals surface area contributed by atoms with Gasteiger partial charge in [0.2, 0.25) is 0 Å². The Hall–Kier alpha value is -0.160. The third kappa shape index (κ3) is 2.64. The lowest BCUT2D eigenvalue weighted by Crippen LogP contribution is -2.49. The molecule has 0 aromatic rings. The van der Waals surface area contributed by atoms with Gasteiger partial charge in [-0.05, 0) is 19.3 Å². The minimum Gasteiger partial charge on any atom is -0.379 e. The van der Waals surface area contributed by atoms with Gasteiger partial charge in [-0.3, -0.25) is 5.43 Å². The average Bonchev–Trinajstić information content (AvgIpc) is 2.53. The number of nitrogens with zero attached hydrogens (tertiary/aromatic N) is 1. The summed E-state index contributed by atoms with van der Waals surface area (Å²) in [5.41, 5.74) is 9.37. The molecule has 0 radical (unpaired) electrons. The van der Waals surface area contributed by atoms with Gasteiger partial charge in [-0.1, -0.05) is 0 Å². The zero-order valence-corrected chi connectivity index (χ0v) is 8.04. The third-order valence-electron chi connectivity index (χ3n) is 2.85. The van der Waals surface area contributed by atoms with Crippen LogP contribution in [0.15, 0.2) is 0 Å². The molecule has 1 aliphatic carbocycles. The standard InChI is InChI=1S/C9H19N3O/c10-8-1-2-9(7-8)11-12-3-5-13-6-4-12/h8-9,11H,1-7,10H2. The lowest BCUT2D eigenvalue weighted by atomic mass is 10.2. The monoisotopic (exact) mass is 185 g/mol. The van der Waals surface area contributed by atoms with Crippen LogP contribution in [-0.4, -0.2) is 43.4 Å². The van der Waals surface area contributed by atoms with Gasteiger partial charge >= 0.3 is 0 Å². The maximum absolute atomic E-state index is 5.85. The van der Waals surface area contributed by atoms with Crippen molar-refractivity contribution in [1.82, 2.24) is 10.4 Å². The van der Waals surface area contributed by atoms with Gasteiger partial charge in [-0.2, -0.15) is 0 Å². The highest BCUT2D eigenvalue weighted by molar-refractivity contribution is 4.82. The van der Waals surface area contributed by atoms with Crippen LogP contribution in [0.1, 0.15) is 19.3 Å². The lowest BCUT2D eigenvalue weighted by Gasteiger charge is -2.30. The molecule has 0 aromatic heterocycles. The minimum absolute atomic E-state index is 0.415. The van der Waals surface area contributed by atoms with E-state index in [4.69, 9.17) is 10.5 Å². The second-order valence-corrected chi connectivity index (χ2v) is 4.00. The van der Waals surface area contributed by atoms with Crippen LogP contribution >= 0.6 is 0 Å². The predicted molar refractivity (Wildman–Crippen MR) is 51.1 cm³/mol. The van der Waals surface area contributed by atoms with Crippen molar-refractivity contribution >= 4 is 0 Å². The summed E-state index contributed by atoms with van der Waals surface area (Å²) in [6.07, 6.45) is 3.51. The van der Waals surface area contributed by atoms with Crippen molar-refractivity contribution in [2.75, 3.05) is 26.3 Å². The Bertz CT molecular complexity index is 156. The van der Waals surface area contributed by atoms with Gasteiger partial charge in [0, 0.05) is 25.2 Å². The number of ether oxygens (including phenoxy) is 1. The van der Waals surface area contributed by atoms with Crippen LogP contribution in [-0.2, 0) is 4.74 Å². The zero-order chi connectivity index (χ0) is 9.10. The SMILES string of the molecule is NC1CCC(NN2CCOCC2)C1. The molecule has 1 saturated carbocycles. The molecule has 0 amide bonds. The van der Waals surface area contributed by atoms with E-state index in [1.54, 1.807) is 0 Å². The number of morpholine rings is 1. The summed E-state index contributed by atoms with van der Waals surface area (Å²) in [6, 6.07) is 1.02. The highest BCUT2D eigenvalue weighted by Gasteiger charge is 2.23. The molecule has 13 heavy (non-hydrogen) atoms. The van der Waals surface area contributed by atoms with E-state index in [9.17, 15) is 0 Å². The molecule has 3 N–H and O–H groups in total. The summed E-state index contributed by atoms with van der Waals surface area (Å²) in [7, 11) is 0. The number of hydrogen-bond acceptors (Lipinski definition) is 4. The zero-order valence-electron chi connectivity index (χ0n) is 8.04. The molecule has 0 bridgehead atoms. The number of hydrogen-bond donors (Lipinski definition) is 2. The number of rotatable bonds is 2. The van der Waals surface area contributed by atoms with Crippen LogP contribution in [0, 0.1) is 0 Å². The summed E-state index contributed by atoms with van der Waals surface area (Å²) in [6.45, 7) is 3.72. The second-order valence-electron chi connectivity index (χ2n) is 4.00. The highest BCUT2D eigenvalue weighted by atomic mass is 16.5. The quantitative estimate of drug-likeness (QED) is 0.620. The molecule has 4 nitrogen and oxygen atoms in total. The van der Waals surface area contributed by atoms with E-state index < -0.39 is 0 Å². The van der Waals surface area contributed by atoms with Crippen molar-refractivity contribution in [3.05, 3.63) is 0 Å². The molecule has 1 saturated heterocycles. The van der Waals surface area contributed by atoms with E-state index >= 15 is 0 Å². The smallest absolute Gasteiger partial charge is 0.0608 e. The fraction of sp³-hybridized carbons (Fsp3) is 1.00. The largest absolute Gasteiger partial charge is 0.379 e. The maximum Gasteiger partial charge on any atom is 0.0608 e. The van der Waals surface area contributed by atoms with Crippen LogP contribution in [0.5, 0.6) is 0 Å². The molecule has 2 aliphatic rings. The molecule has 4 heteroatoms. The van der Waals surface area contributed by atoms with Crippen molar-refractivity contribution in [2.24, 2.45) is 5.73 Å². The van der Waals surface area contributed by atoms with Gasteiger partial charge in [0.05, 0.1) is 13.2 Å². The Morgan fingerprint density at radius 1 is 1.23 bits per heavy atom. The number of nitrogens with two attached hydrogens (primary N) is 1. The average molecular weight is 185 g/mol. The van der Waals surface area contributed by atoms with E-state index in [2.05, 4.69) is 10.4 Å². The molecule has 2 unspecified atom stereocenters. The van der Waals surface area contributed by atoms with Crippen molar-refractivity contribution in [2.45, 2.75) is 31.3 Å². The van der Waals surface area contributed by atoms with Gasteiger partial charge in [0.25, 0.3) is 0 Å². The Kier molecular flexibility index (Phi) is 3.16. The van der Waals surface area contributed by atoms with Crippen molar-refractivity contribution in [1.29, 1.82) is 0 Å². The van der Waals surface area contributed by atoms with Gasteiger partial charge in [-0.25, -0.2) is 5.01 Å². The van der Waals surface area contributed by atoms with Crippen LogP contribution < -0.4 is 11.2 Å². The normalized spacial score (nSPS) is 36.7. The van der Waals surface area contributed by atoms with E-state index in [-0.39, 0.29) is 0 Å². The van der Waals surface area contributed by atoms with Gasteiger partial charge in [0.1, 0.15) is 0 Å². The summed E-state index contributed by atoms with van der Waals surface area (Å²) in [4.78, 5) is 0. The molecule has 1 aliphatic heterocycles. The first kappa shape index (κ1) is 9.40. The molecular weight excluding hydrogens is 166 g/mol. The molecule has 2 rings (SSSR count). The summed E-state index contributed by atoms with van der Waals surface area (Å²) in [5, 5.41) is 2.27. The van der Waals surface area contributed by atoms with Gasteiger partial charge in [-0.15, -0.1) is 0 Å². The summed E-state index contributed by atoms with van der Waals surface area (Å²) in [5.74, 6) is 0. The lowest BCUT2D eigenvalue weighted by molar-refractivity contribution is 0.00407. The summed E-state index contributed by atoms with van der Waals surface area (Å²) >= 11 is 0. The number of nitrogens with one attached hydrogen (secondary N) is 1. The third-order valence-corrected chi connectivity index (χ3v) is 2.85. The topological polar surface area (TPSA) is 50.5 Å². The van der Waals surface area contributed by atoms with E-state index in [0.29, 0.717) is 12.1 Å². The Morgan fingerprint density at radius 2 is 2.00 bits per heavy atom. The molecule has 1 heterocycles. The minimum atomic E-state index is 0.415. The van der Waals surface area contributed by atoms with E-state index in [0.717, 1.165) is 32.7 Å². The second kappa shape index (κ2) is 4.37. The van der Waals surface area contributed by atoms with Crippen LogP contribution in [0.3, 0.4) is 0 Å². The predicted octanol–water partition coefficient (Wildman–Crippen LogP) is -0.297. The van der Waals surface area contributed by atoms with Crippen molar-refractivity contribution in [3.63, 3.8) is 0 Å². The Morgan fingerprint density at radius 3 is 2.62 bits per heavy atom. The van der Waals surface area contributed by atoms with Gasteiger partial charge in [0.15, 0.2) is 0 Å². The molecule has 76 valence electrons. The summed E-state index contributed by atoms with van der Waals surface area (Å²) < 4.78 is 5.28. The van der Waals surface area contributed by atoms with Gasteiger partial charge < -0.3 is 10.5 Å². The first-order valence-electron chi connectivity index (χ1n) is 5.19. The first-order valence-corrected chi connectivity index (χ1v) is 5.19. The fourth-order valence-electron chi connectivity index (χ4n) is 2.08. The van der Waals surface area contributed by atoms with E-state index in [1.807, 2.05) is 0 Å². The van der Waals surface area contributed by atoms with Crippen molar-refractivity contribution < 1.29 is 4.74 Å². The number of hydrazine groups is 1. The molecule has 2 atom stereocenters. The van der Waals surface area contributed by atoms with Crippen LogP contribution in [0.2, 0.25) is 0 Å². The Balaban J connectivity index is 1.71. The Labute approximate surface area is 79.4 Å². The molecular formula is C9H19N3O. The van der Waals surface area contributed by atoms with Crippen LogP contribution in [0.4, 0.5) is 0 Å². The van der Waals surface area contributed by atoms with Crippen molar-refractivity contribution in [3.8, 4) is 0 Å². The molecule has 2 fully saturated rings. The fourth-order valence-corrected chi connectivity index (χ4v) is 2.08. The highest BCUT2D eigenvalue weighted by Crippen LogP contribution is 2.17. The van der Waals surface area contributed by atoms with E-state index in [1.165, 1.54) is 12.8 Å².